The van der Waals surface area contributed by atoms with Crippen molar-refractivity contribution in [3.05, 3.63) is 46.2 Å². The lowest BCUT2D eigenvalue weighted by Crippen LogP contribution is -2.10. The lowest BCUT2D eigenvalue weighted by molar-refractivity contribution is -0.424. The predicted octanol–water partition coefficient (Wildman–Crippen LogP) is 0.525. The Labute approximate surface area is 133 Å². The van der Waals surface area contributed by atoms with Crippen LogP contribution in [0.3, 0.4) is 0 Å². The van der Waals surface area contributed by atoms with E-state index in [2.05, 4.69) is 36.1 Å². The van der Waals surface area contributed by atoms with Crippen LogP contribution < -0.4 is 0 Å². The third kappa shape index (κ3) is 3.50. The SMILES string of the molecule is [N-]=[N+]=Nc1c([N+](=O)[O-])c([N+](=O)[O-])nn1CCn1nnnc1[N-][N+](=O)[O-]. The van der Waals surface area contributed by atoms with E-state index in [-0.39, 0.29) is 13.1 Å². The van der Waals surface area contributed by atoms with Gasteiger partial charge in [-0.2, -0.15) is 4.68 Å². The van der Waals surface area contributed by atoms with Crippen molar-refractivity contribution in [2.75, 3.05) is 0 Å². The number of hydrogen-bond acceptors (Lipinski definition) is 11. The van der Waals surface area contributed by atoms with Gasteiger partial charge in [-0.05, 0) is 15.6 Å². The first-order valence-electron chi connectivity index (χ1n) is 5.92. The number of aryl methyl sites for hydroxylation is 2. The number of rotatable bonds is 8. The van der Waals surface area contributed by atoms with Crippen LogP contribution in [0.4, 0.5) is 23.3 Å². The van der Waals surface area contributed by atoms with E-state index in [1.54, 1.807) is 0 Å². The van der Waals surface area contributed by atoms with Gasteiger partial charge in [-0.1, -0.05) is 5.43 Å². The van der Waals surface area contributed by atoms with Crippen molar-refractivity contribution in [2.45, 2.75) is 13.1 Å². The van der Waals surface area contributed by atoms with Crippen LogP contribution in [-0.2, 0) is 13.1 Å². The zero-order chi connectivity index (χ0) is 18.6. The summed E-state index contributed by atoms with van der Waals surface area (Å²) in [7, 11) is 0. The van der Waals surface area contributed by atoms with Crippen molar-refractivity contribution >= 4 is 23.3 Å². The topological polar surface area (TPSA) is 254 Å². The second-order valence-electron chi connectivity index (χ2n) is 3.96. The number of hydrogen-bond donors (Lipinski definition) is 0. The molecule has 130 valence electrons. The Bertz CT molecular complexity index is 891. The zero-order valence-corrected chi connectivity index (χ0v) is 11.7. The van der Waals surface area contributed by atoms with Gasteiger partial charge < -0.3 is 14.8 Å². The maximum absolute atomic E-state index is 11.0. The molecule has 0 aliphatic carbocycles. The minimum Gasteiger partial charge on any atom is -0.358 e. The first-order valence-corrected chi connectivity index (χ1v) is 5.92. The van der Waals surface area contributed by atoms with Gasteiger partial charge in [0.25, 0.3) is 0 Å². The fourth-order valence-electron chi connectivity index (χ4n) is 1.69. The van der Waals surface area contributed by atoms with Gasteiger partial charge in [-0.15, -0.1) is 10.4 Å². The highest BCUT2D eigenvalue weighted by Crippen LogP contribution is 2.36. The van der Waals surface area contributed by atoms with E-state index in [1.807, 2.05) is 0 Å². The third-order valence-electron chi connectivity index (χ3n) is 2.59. The van der Waals surface area contributed by atoms with E-state index in [0.717, 1.165) is 4.68 Å². The Morgan fingerprint density at radius 3 is 2.40 bits per heavy atom. The largest absolute Gasteiger partial charge is 0.468 e. The summed E-state index contributed by atoms with van der Waals surface area (Å²) in [6.07, 6.45) is 0. The Morgan fingerprint density at radius 2 is 1.84 bits per heavy atom. The quantitative estimate of drug-likeness (QED) is 0.208. The number of azide groups is 1. The standard InChI is InChI=1S/C6H4N13O6/c7-12-8-4-3(17(20)21)5(18(22)23)10-15(4)1-2-16-6(9-13-14-16)11-19(24)25/h1-2H2/q-1. The summed E-state index contributed by atoms with van der Waals surface area (Å²) in [4.78, 5) is 32.3. The average molecular weight is 354 g/mol. The molecule has 2 heterocycles. The molecule has 2 rings (SSSR count). The molecule has 0 aliphatic rings. The van der Waals surface area contributed by atoms with Crippen LogP contribution in [0.5, 0.6) is 0 Å². The molecule has 0 N–H and O–H groups in total. The first-order chi connectivity index (χ1) is 11.8. The summed E-state index contributed by atoms with van der Waals surface area (Å²) in [5, 5.41) is 47.4. The van der Waals surface area contributed by atoms with Gasteiger partial charge in [0.05, 0.1) is 16.6 Å². The van der Waals surface area contributed by atoms with Gasteiger partial charge in [-0.3, -0.25) is 10.1 Å². The molecule has 0 saturated heterocycles. The molecular formula is C6H4N13O6-. The molecule has 2 aromatic rings. The monoisotopic (exact) mass is 354 g/mol. The van der Waals surface area contributed by atoms with Crippen LogP contribution in [0.15, 0.2) is 5.11 Å². The predicted molar refractivity (Wildman–Crippen MR) is 72.2 cm³/mol. The average Bonchev–Trinajstić information content (AvgIpc) is 3.09. The molecule has 25 heavy (non-hydrogen) atoms. The molecule has 19 heteroatoms. The highest BCUT2D eigenvalue weighted by atomic mass is 16.7. The number of tetrazole rings is 1. The van der Waals surface area contributed by atoms with E-state index in [4.69, 9.17) is 5.53 Å². The molecule has 0 atom stereocenters. The molecule has 0 aromatic carbocycles. The molecular weight excluding hydrogens is 350 g/mol. The van der Waals surface area contributed by atoms with Crippen molar-refractivity contribution in [3.8, 4) is 0 Å². The van der Waals surface area contributed by atoms with Gasteiger partial charge >= 0.3 is 11.5 Å². The van der Waals surface area contributed by atoms with Crippen molar-refractivity contribution in [3.63, 3.8) is 0 Å². The van der Waals surface area contributed by atoms with Crippen molar-refractivity contribution in [2.24, 2.45) is 5.11 Å². The number of nitro groups is 3. The summed E-state index contributed by atoms with van der Waals surface area (Å²) in [6.45, 7) is -0.599. The van der Waals surface area contributed by atoms with Crippen molar-refractivity contribution in [1.82, 2.24) is 30.0 Å². The van der Waals surface area contributed by atoms with Gasteiger partial charge in [0.1, 0.15) is 11.0 Å². The summed E-state index contributed by atoms with van der Waals surface area (Å²) >= 11 is 0. The lowest BCUT2D eigenvalue weighted by Gasteiger charge is -2.07. The minimum absolute atomic E-state index is 0.260. The Kier molecular flexibility index (Phi) is 4.60. The first kappa shape index (κ1) is 17.0. The second-order valence-corrected chi connectivity index (χ2v) is 3.96. The molecule has 19 nitrogen and oxygen atoms in total. The van der Waals surface area contributed by atoms with Gasteiger partial charge in [0, 0.05) is 11.5 Å². The van der Waals surface area contributed by atoms with Gasteiger partial charge in [0.15, 0.2) is 0 Å². The van der Waals surface area contributed by atoms with Crippen LogP contribution in [0, 0.1) is 30.3 Å². The van der Waals surface area contributed by atoms with E-state index < -0.39 is 38.2 Å². The van der Waals surface area contributed by atoms with Crippen LogP contribution in [-0.4, -0.2) is 44.9 Å². The fraction of sp³-hybridized carbons (Fsp3) is 0.333. The molecule has 0 bridgehead atoms. The second kappa shape index (κ2) is 6.78. The number of aromatic nitrogens is 6. The van der Waals surface area contributed by atoms with E-state index in [0.29, 0.717) is 4.68 Å². The normalized spacial score (nSPS) is 10.1. The smallest absolute Gasteiger partial charge is 0.358 e. The Balaban J connectivity index is 2.37. The van der Waals surface area contributed by atoms with Crippen LogP contribution >= 0.6 is 0 Å². The Morgan fingerprint density at radius 1 is 1.16 bits per heavy atom. The maximum Gasteiger partial charge on any atom is 0.468 e. The van der Waals surface area contributed by atoms with E-state index in [1.165, 1.54) is 0 Å². The van der Waals surface area contributed by atoms with Crippen molar-refractivity contribution in [1.29, 1.82) is 0 Å². The van der Waals surface area contributed by atoms with Crippen LogP contribution in [0.25, 0.3) is 15.9 Å². The molecule has 0 saturated carbocycles. The zero-order valence-electron chi connectivity index (χ0n) is 11.7. The maximum atomic E-state index is 11.0. The highest BCUT2D eigenvalue weighted by Gasteiger charge is 2.37. The fourth-order valence-corrected chi connectivity index (χ4v) is 1.69. The molecule has 0 radical (unpaired) electrons. The van der Waals surface area contributed by atoms with Crippen molar-refractivity contribution < 1.29 is 14.9 Å². The highest BCUT2D eigenvalue weighted by molar-refractivity contribution is 5.62. The van der Waals surface area contributed by atoms with Gasteiger partial charge in [0.2, 0.25) is 5.82 Å². The summed E-state index contributed by atoms with van der Waals surface area (Å²) < 4.78 is 1.54. The summed E-state index contributed by atoms with van der Waals surface area (Å²) in [5.74, 6) is -2.31. The van der Waals surface area contributed by atoms with Crippen LogP contribution in [0.2, 0.25) is 0 Å². The van der Waals surface area contributed by atoms with Crippen LogP contribution in [0.1, 0.15) is 0 Å². The lowest BCUT2D eigenvalue weighted by atomic mass is 10.5. The molecule has 2 aromatic heterocycles. The summed E-state index contributed by atoms with van der Waals surface area (Å²) in [5.41, 5.74) is 10.3. The molecule has 0 aliphatic heterocycles. The van der Waals surface area contributed by atoms with E-state index >= 15 is 0 Å². The molecule has 0 spiro atoms. The van der Waals surface area contributed by atoms with Gasteiger partial charge in [-0.25, -0.2) is 15.2 Å². The molecule has 0 unspecified atom stereocenters. The number of nitrogens with zero attached hydrogens (tertiary/aromatic N) is 13. The molecule has 0 amide bonds. The molecule has 0 fully saturated rings. The van der Waals surface area contributed by atoms with E-state index in [9.17, 15) is 30.3 Å². The third-order valence-corrected chi connectivity index (χ3v) is 2.59. The minimum atomic E-state index is -1.13. The Hall–Kier alpha value is -4.41. The summed E-state index contributed by atoms with van der Waals surface area (Å²) in [6, 6.07) is 0.